The van der Waals surface area contributed by atoms with E-state index in [1.54, 1.807) is 9.58 Å². The van der Waals surface area contributed by atoms with Gasteiger partial charge in [0.15, 0.2) is 0 Å². The summed E-state index contributed by atoms with van der Waals surface area (Å²) in [5, 5.41) is 10.8. The Bertz CT molecular complexity index is 773. The molecule has 8 heteroatoms. The van der Waals surface area contributed by atoms with E-state index in [9.17, 15) is 14.4 Å². The molecule has 8 nitrogen and oxygen atoms in total. The third-order valence-electron chi connectivity index (χ3n) is 4.47. The highest BCUT2D eigenvalue weighted by Crippen LogP contribution is 2.20. The molecule has 4 rings (SSSR count). The largest absolute Gasteiger partial charge is 0.350 e. The highest BCUT2D eigenvalue weighted by atomic mass is 16.2. The van der Waals surface area contributed by atoms with Gasteiger partial charge >= 0.3 is 0 Å². The molecule has 2 N–H and O–H groups in total. The summed E-state index contributed by atoms with van der Waals surface area (Å²) in [4.78, 5) is 37.4. The first kappa shape index (κ1) is 14.7. The first-order valence-electron chi connectivity index (χ1n) is 7.89. The Labute approximate surface area is 137 Å². The molecule has 0 aliphatic carbocycles. The van der Waals surface area contributed by atoms with Gasteiger partial charge in [-0.3, -0.25) is 19.1 Å². The van der Waals surface area contributed by atoms with Gasteiger partial charge in [0.1, 0.15) is 12.6 Å². The maximum Gasteiger partial charge on any atom is 0.243 e. The number of carbonyl (C=O) groups is 3. The minimum absolute atomic E-state index is 0.0376. The minimum atomic E-state index is -0.469. The van der Waals surface area contributed by atoms with Crippen LogP contribution in [-0.4, -0.2) is 57.6 Å². The van der Waals surface area contributed by atoms with Gasteiger partial charge < -0.3 is 15.5 Å². The third kappa shape index (κ3) is 2.60. The smallest absolute Gasteiger partial charge is 0.243 e. The summed E-state index contributed by atoms with van der Waals surface area (Å²) in [6, 6.07) is 6.98. The van der Waals surface area contributed by atoms with Gasteiger partial charge in [0.05, 0.1) is 12.1 Å². The van der Waals surface area contributed by atoms with Crippen LogP contribution in [0.2, 0.25) is 0 Å². The Balaban J connectivity index is 1.39. The van der Waals surface area contributed by atoms with Crippen molar-refractivity contribution in [3.05, 3.63) is 30.5 Å². The lowest BCUT2D eigenvalue weighted by Gasteiger charge is -2.28. The third-order valence-corrected chi connectivity index (χ3v) is 4.47. The Hall–Kier alpha value is -2.90. The lowest BCUT2D eigenvalue weighted by atomic mass is 10.1. The molecule has 2 saturated heterocycles. The van der Waals surface area contributed by atoms with Gasteiger partial charge in [-0.05, 0) is 12.5 Å². The van der Waals surface area contributed by atoms with Gasteiger partial charge in [-0.1, -0.05) is 18.2 Å². The fraction of sp³-hybridized carbons (Fsp3) is 0.375. The summed E-state index contributed by atoms with van der Waals surface area (Å²) in [7, 11) is 0. The Kier molecular flexibility index (Phi) is 3.44. The minimum Gasteiger partial charge on any atom is -0.350 e. The molecule has 0 spiro atoms. The molecule has 0 bridgehead atoms. The second-order valence-corrected chi connectivity index (χ2v) is 6.17. The molecule has 2 aromatic rings. The monoisotopic (exact) mass is 327 g/mol. The van der Waals surface area contributed by atoms with E-state index in [1.807, 2.05) is 30.5 Å². The van der Waals surface area contributed by atoms with Crippen molar-refractivity contribution in [1.29, 1.82) is 0 Å². The van der Waals surface area contributed by atoms with Crippen LogP contribution in [0.4, 0.5) is 0 Å². The van der Waals surface area contributed by atoms with Crippen molar-refractivity contribution in [1.82, 2.24) is 25.3 Å². The second-order valence-electron chi connectivity index (χ2n) is 6.17. The summed E-state index contributed by atoms with van der Waals surface area (Å²) in [5.74, 6) is -0.431. The van der Waals surface area contributed by atoms with Crippen molar-refractivity contribution in [2.45, 2.75) is 25.0 Å². The van der Waals surface area contributed by atoms with Crippen molar-refractivity contribution in [3.8, 4) is 0 Å². The van der Waals surface area contributed by atoms with E-state index in [-0.39, 0.29) is 36.9 Å². The number of hydrogen-bond acceptors (Lipinski definition) is 4. The molecule has 0 radical (unpaired) electrons. The fourth-order valence-electron chi connectivity index (χ4n) is 3.36. The predicted molar refractivity (Wildman–Crippen MR) is 84.8 cm³/mol. The number of fused-ring (bicyclic) bond motifs is 2. The number of benzene rings is 1. The Morgan fingerprint density at radius 1 is 1.33 bits per heavy atom. The highest BCUT2D eigenvalue weighted by Gasteiger charge is 2.42. The number of nitrogens with one attached hydrogen (secondary N) is 2. The van der Waals surface area contributed by atoms with Crippen molar-refractivity contribution < 1.29 is 14.4 Å². The molecule has 124 valence electrons. The lowest BCUT2D eigenvalue weighted by molar-refractivity contribution is -0.143. The number of aromatic nitrogens is 2. The van der Waals surface area contributed by atoms with Gasteiger partial charge in [-0.2, -0.15) is 5.10 Å². The molecule has 2 aliphatic rings. The molecule has 24 heavy (non-hydrogen) atoms. The van der Waals surface area contributed by atoms with E-state index in [0.717, 1.165) is 10.9 Å². The topological polar surface area (TPSA) is 96.3 Å². The Morgan fingerprint density at radius 2 is 2.17 bits per heavy atom. The van der Waals surface area contributed by atoms with Crippen molar-refractivity contribution >= 4 is 28.6 Å². The molecular weight excluding hydrogens is 310 g/mol. The number of piperazine rings is 1. The predicted octanol–water partition coefficient (Wildman–Crippen LogP) is -0.748. The van der Waals surface area contributed by atoms with Crippen LogP contribution in [0.5, 0.6) is 0 Å². The van der Waals surface area contributed by atoms with Crippen LogP contribution in [0.3, 0.4) is 0 Å². The summed E-state index contributed by atoms with van der Waals surface area (Å²) < 4.78 is 1.60. The average Bonchev–Trinajstić information content (AvgIpc) is 3.14. The molecule has 0 unspecified atom stereocenters. The quantitative estimate of drug-likeness (QED) is 0.775. The van der Waals surface area contributed by atoms with Crippen LogP contribution >= 0.6 is 0 Å². The van der Waals surface area contributed by atoms with Crippen LogP contribution in [-0.2, 0) is 20.9 Å². The van der Waals surface area contributed by atoms with Crippen LogP contribution < -0.4 is 10.6 Å². The maximum atomic E-state index is 12.2. The molecule has 0 saturated carbocycles. The first-order valence-corrected chi connectivity index (χ1v) is 7.89. The fourth-order valence-corrected chi connectivity index (χ4v) is 3.36. The standard InChI is InChI=1S/C16H17N5O3/c22-14(9-20-7-10-3-1-2-4-12(10)19-20)18-11-5-13-16(24)17-6-15(23)21(13)8-11/h1-4,7,11,13H,5-6,8-9H2,(H,17,24)(H,18,22)/t11-,13+/m1/s1. The van der Waals surface area contributed by atoms with Gasteiger partial charge in [0, 0.05) is 24.2 Å². The van der Waals surface area contributed by atoms with Crippen LogP contribution in [0.25, 0.3) is 10.9 Å². The molecule has 2 aliphatic heterocycles. The zero-order valence-electron chi connectivity index (χ0n) is 12.9. The van der Waals surface area contributed by atoms with E-state index in [2.05, 4.69) is 15.7 Å². The second kappa shape index (κ2) is 5.63. The van der Waals surface area contributed by atoms with Gasteiger partial charge in [0.25, 0.3) is 0 Å². The van der Waals surface area contributed by atoms with Crippen molar-refractivity contribution in [2.75, 3.05) is 13.1 Å². The zero-order valence-corrected chi connectivity index (χ0v) is 12.9. The molecule has 3 amide bonds. The normalized spacial score (nSPS) is 23.2. The summed E-state index contributed by atoms with van der Waals surface area (Å²) >= 11 is 0. The van der Waals surface area contributed by atoms with Crippen molar-refractivity contribution in [2.24, 2.45) is 0 Å². The number of hydrogen-bond donors (Lipinski definition) is 2. The van der Waals surface area contributed by atoms with Crippen LogP contribution in [0.15, 0.2) is 30.5 Å². The number of amides is 3. The zero-order chi connectivity index (χ0) is 16.7. The van der Waals surface area contributed by atoms with Crippen LogP contribution in [0, 0.1) is 0 Å². The number of nitrogens with zero attached hydrogens (tertiary/aromatic N) is 3. The van der Waals surface area contributed by atoms with E-state index in [0.29, 0.717) is 13.0 Å². The Morgan fingerprint density at radius 3 is 2.96 bits per heavy atom. The van der Waals surface area contributed by atoms with E-state index in [4.69, 9.17) is 0 Å². The first-order chi connectivity index (χ1) is 11.6. The van der Waals surface area contributed by atoms with Crippen LogP contribution in [0.1, 0.15) is 6.42 Å². The van der Waals surface area contributed by atoms with Gasteiger partial charge in [0.2, 0.25) is 17.7 Å². The van der Waals surface area contributed by atoms with E-state index in [1.165, 1.54) is 0 Å². The van der Waals surface area contributed by atoms with Gasteiger partial charge in [-0.15, -0.1) is 0 Å². The lowest BCUT2D eigenvalue weighted by Crippen LogP contribution is -2.55. The average molecular weight is 327 g/mol. The summed E-state index contributed by atoms with van der Waals surface area (Å²) in [6.07, 6.45) is 2.27. The molecule has 1 aromatic heterocycles. The highest BCUT2D eigenvalue weighted by molar-refractivity contribution is 5.95. The maximum absolute atomic E-state index is 12.2. The molecule has 2 atom stereocenters. The molecule has 1 aromatic carbocycles. The number of carbonyl (C=O) groups excluding carboxylic acids is 3. The van der Waals surface area contributed by atoms with Gasteiger partial charge in [-0.25, -0.2) is 0 Å². The summed E-state index contributed by atoms with van der Waals surface area (Å²) in [6.45, 7) is 0.523. The van der Waals surface area contributed by atoms with E-state index >= 15 is 0 Å². The van der Waals surface area contributed by atoms with Crippen molar-refractivity contribution in [3.63, 3.8) is 0 Å². The molecular formula is C16H17N5O3. The van der Waals surface area contributed by atoms with E-state index < -0.39 is 6.04 Å². The summed E-state index contributed by atoms with van der Waals surface area (Å²) in [5.41, 5.74) is 0.838. The SMILES string of the molecule is O=C(Cn1cc2ccccc2n1)N[C@@H]1C[C@H]2C(=O)NCC(=O)N2C1. The molecule has 3 heterocycles. The number of rotatable bonds is 3. The molecule has 2 fully saturated rings.